The van der Waals surface area contributed by atoms with E-state index < -0.39 is 0 Å². The highest BCUT2D eigenvalue weighted by atomic mass is 16.5. The van der Waals surface area contributed by atoms with E-state index in [0.717, 1.165) is 5.96 Å². The van der Waals surface area contributed by atoms with Gasteiger partial charge in [-0.1, -0.05) is 19.0 Å². The van der Waals surface area contributed by atoms with E-state index in [1.807, 2.05) is 0 Å². The number of hydrogen-bond acceptors (Lipinski definition) is 4. The van der Waals surface area contributed by atoms with Crippen LogP contribution in [0.5, 0.6) is 0 Å². The molecule has 0 radical (unpaired) electrons. The summed E-state index contributed by atoms with van der Waals surface area (Å²) in [7, 11) is 1.74. The first-order chi connectivity index (χ1) is 8.02. The van der Waals surface area contributed by atoms with Crippen molar-refractivity contribution in [2.24, 2.45) is 10.9 Å². The lowest BCUT2D eigenvalue weighted by Crippen LogP contribution is -2.44. The molecule has 1 aromatic rings. The number of rotatable bonds is 4. The topological polar surface area (TPSA) is 75.3 Å². The van der Waals surface area contributed by atoms with E-state index in [-0.39, 0.29) is 0 Å². The first kappa shape index (κ1) is 13.5. The number of hydrogen-bond donors (Lipinski definition) is 2. The third-order valence-electron chi connectivity index (χ3n) is 2.57. The van der Waals surface area contributed by atoms with Gasteiger partial charge in [0.2, 0.25) is 5.89 Å². The first-order valence-electron chi connectivity index (χ1n) is 5.79. The van der Waals surface area contributed by atoms with Crippen LogP contribution in [0.15, 0.2) is 9.52 Å². The van der Waals surface area contributed by atoms with Gasteiger partial charge in [-0.25, -0.2) is 0 Å². The first-order valence-corrected chi connectivity index (χ1v) is 5.79. The Morgan fingerprint density at radius 1 is 1.41 bits per heavy atom. The second-order valence-electron chi connectivity index (χ2n) is 4.33. The molecular formula is C11H21N5O. The summed E-state index contributed by atoms with van der Waals surface area (Å²) in [5.74, 6) is 2.48. The van der Waals surface area contributed by atoms with Gasteiger partial charge < -0.3 is 15.2 Å². The van der Waals surface area contributed by atoms with E-state index >= 15 is 0 Å². The SMILES string of the molecule is CN=C(NCc1noc(C)n1)NC(C)C(C)C. The molecule has 0 saturated heterocycles. The number of aromatic nitrogens is 2. The Kier molecular flexibility index (Phi) is 4.93. The molecule has 0 aromatic carbocycles. The summed E-state index contributed by atoms with van der Waals surface area (Å²) in [5, 5.41) is 10.2. The van der Waals surface area contributed by atoms with Gasteiger partial charge in [-0.2, -0.15) is 4.98 Å². The maximum absolute atomic E-state index is 4.89. The van der Waals surface area contributed by atoms with E-state index in [0.29, 0.717) is 30.2 Å². The second kappa shape index (κ2) is 6.22. The number of guanidine groups is 1. The Hall–Kier alpha value is -1.59. The monoisotopic (exact) mass is 239 g/mol. The lowest BCUT2D eigenvalue weighted by atomic mass is 10.1. The van der Waals surface area contributed by atoms with Crippen LogP contribution in [0.25, 0.3) is 0 Å². The van der Waals surface area contributed by atoms with Crippen molar-refractivity contribution in [3.05, 3.63) is 11.7 Å². The molecule has 6 heteroatoms. The standard InChI is InChI=1S/C11H21N5O/c1-7(2)8(3)14-11(12-5)13-6-10-15-9(4)17-16-10/h7-8H,6H2,1-5H3,(H2,12,13,14). The largest absolute Gasteiger partial charge is 0.354 e. The van der Waals surface area contributed by atoms with Crippen molar-refractivity contribution in [3.63, 3.8) is 0 Å². The molecule has 0 fully saturated rings. The molecule has 0 bridgehead atoms. The van der Waals surface area contributed by atoms with Crippen LogP contribution >= 0.6 is 0 Å². The predicted molar refractivity (Wildman–Crippen MR) is 66.7 cm³/mol. The predicted octanol–water partition coefficient (Wildman–Crippen LogP) is 1.09. The molecule has 96 valence electrons. The van der Waals surface area contributed by atoms with Crippen molar-refractivity contribution in [2.45, 2.75) is 40.3 Å². The molecule has 1 rings (SSSR count). The van der Waals surface area contributed by atoms with E-state index in [9.17, 15) is 0 Å². The Morgan fingerprint density at radius 2 is 2.12 bits per heavy atom. The highest BCUT2D eigenvalue weighted by Gasteiger charge is 2.09. The number of nitrogens with zero attached hydrogens (tertiary/aromatic N) is 3. The van der Waals surface area contributed by atoms with E-state index in [1.54, 1.807) is 14.0 Å². The molecule has 1 atom stereocenters. The minimum Gasteiger partial charge on any atom is -0.354 e. The van der Waals surface area contributed by atoms with Crippen LogP contribution in [0, 0.1) is 12.8 Å². The molecule has 0 aliphatic carbocycles. The summed E-state index contributed by atoms with van der Waals surface area (Å²) in [6.45, 7) is 8.71. The molecule has 1 aromatic heterocycles. The van der Waals surface area contributed by atoms with Crippen molar-refractivity contribution in [2.75, 3.05) is 7.05 Å². The highest BCUT2D eigenvalue weighted by molar-refractivity contribution is 5.79. The van der Waals surface area contributed by atoms with Gasteiger partial charge in [0, 0.05) is 20.0 Å². The maximum atomic E-state index is 4.89. The Bertz CT molecular complexity index is 372. The lowest BCUT2D eigenvalue weighted by molar-refractivity contribution is 0.386. The molecule has 17 heavy (non-hydrogen) atoms. The average molecular weight is 239 g/mol. The van der Waals surface area contributed by atoms with Crippen LogP contribution in [0.2, 0.25) is 0 Å². The van der Waals surface area contributed by atoms with Crippen molar-refractivity contribution in [1.29, 1.82) is 0 Å². The zero-order chi connectivity index (χ0) is 12.8. The van der Waals surface area contributed by atoms with Crippen LogP contribution in [-0.4, -0.2) is 29.2 Å². The lowest BCUT2D eigenvalue weighted by Gasteiger charge is -2.20. The fourth-order valence-corrected chi connectivity index (χ4v) is 1.15. The molecule has 0 aliphatic rings. The van der Waals surface area contributed by atoms with Gasteiger partial charge >= 0.3 is 0 Å². The second-order valence-corrected chi connectivity index (χ2v) is 4.33. The zero-order valence-corrected chi connectivity index (χ0v) is 11.1. The summed E-state index contributed by atoms with van der Waals surface area (Å²) in [6.07, 6.45) is 0. The summed E-state index contributed by atoms with van der Waals surface area (Å²) in [6, 6.07) is 0.355. The smallest absolute Gasteiger partial charge is 0.223 e. The van der Waals surface area contributed by atoms with Gasteiger partial charge in [0.1, 0.15) is 0 Å². The summed E-state index contributed by atoms with van der Waals surface area (Å²) >= 11 is 0. The van der Waals surface area contributed by atoms with Gasteiger partial charge in [-0.3, -0.25) is 4.99 Å². The Balaban J connectivity index is 2.43. The number of aliphatic imine (C=N–C) groups is 1. The molecule has 2 N–H and O–H groups in total. The molecular weight excluding hydrogens is 218 g/mol. The van der Waals surface area contributed by atoms with E-state index in [4.69, 9.17) is 4.52 Å². The van der Waals surface area contributed by atoms with Gasteiger partial charge in [0.25, 0.3) is 0 Å². The van der Waals surface area contributed by atoms with E-state index in [2.05, 4.69) is 46.5 Å². The summed E-state index contributed by atoms with van der Waals surface area (Å²) in [5.41, 5.74) is 0. The minimum absolute atomic E-state index is 0.355. The van der Waals surface area contributed by atoms with Crippen LogP contribution < -0.4 is 10.6 Å². The van der Waals surface area contributed by atoms with Crippen LogP contribution in [0.1, 0.15) is 32.5 Å². The normalized spacial score (nSPS) is 13.9. The Morgan fingerprint density at radius 3 is 2.59 bits per heavy atom. The summed E-state index contributed by atoms with van der Waals surface area (Å²) in [4.78, 5) is 8.25. The van der Waals surface area contributed by atoms with Crippen molar-refractivity contribution >= 4 is 5.96 Å². The molecule has 6 nitrogen and oxygen atoms in total. The molecule has 1 unspecified atom stereocenters. The van der Waals surface area contributed by atoms with Crippen LogP contribution in [0.4, 0.5) is 0 Å². The Labute approximate surface area is 102 Å². The third-order valence-corrected chi connectivity index (χ3v) is 2.57. The minimum atomic E-state index is 0.355. The van der Waals surface area contributed by atoms with Gasteiger partial charge in [-0.05, 0) is 12.8 Å². The fourth-order valence-electron chi connectivity index (χ4n) is 1.15. The van der Waals surface area contributed by atoms with Crippen molar-refractivity contribution < 1.29 is 4.52 Å². The highest BCUT2D eigenvalue weighted by Crippen LogP contribution is 1.99. The average Bonchev–Trinajstić information content (AvgIpc) is 2.69. The quantitative estimate of drug-likeness (QED) is 0.607. The van der Waals surface area contributed by atoms with Gasteiger partial charge in [-0.15, -0.1) is 0 Å². The zero-order valence-electron chi connectivity index (χ0n) is 11.1. The maximum Gasteiger partial charge on any atom is 0.223 e. The fraction of sp³-hybridized carbons (Fsp3) is 0.727. The molecule has 0 amide bonds. The van der Waals surface area contributed by atoms with E-state index in [1.165, 1.54) is 0 Å². The number of nitrogens with one attached hydrogen (secondary N) is 2. The number of aryl methyl sites for hydroxylation is 1. The van der Waals surface area contributed by atoms with Gasteiger partial charge in [0.15, 0.2) is 11.8 Å². The van der Waals surface area contributed by atoms with Crippen molar-refractivity contribution in [1.82, 2.24) is 20.8 Å². The molecule has 1 heterocycles. The van der Waals surface area contributed by atoms with Gasteiger partial charge in [0.05, 0.1) is 6.54 Å². The van der Waals surface area contributed by atoms with Crippen LogP contribution in [0.3, 0.4) is 0 Å². The molecule has 0 spiro atoms. The van der Waals surface area contributed by atoms with Crippen molar-refractivity contribution in [3.8, 4) is 0 Å². The third kappa shape index (κ3) is 4.42. The molecule has 0 saturated carbocycles. The van der Waals surface area contributed by atoms with Crippen LogP contribution in [-0.2, 0) is 6.54 Å². The molecule has 0 aliphatic heterocycles. The summed E-state index contributed by atoms with van der Waals surface area (Å²) < 4.78 is 4.89.